The number of carbonyl (C=O) groups is 6. The Balaban J connectivity index is 5.69. The summed E-state index contributed by atoms with van der Waals surface area (Å²) in [6.07, 6.45) is 74.6. The van der Waals surface area contributed by atoms with Gasteiger partial charge in [0.2, 0.25) is 11.8 Å². The summed E-state index contributed by atoms with van der Waals surface area (Å²) in [6, 6.07) is 0. The third kappa shape index (κ3) is 71.1. The third-order valence-electron chi connectivity index (χ3n) is 22.8. The number of amides is 2. The van der Waals surface area contributed by atoms with Crippen molar-refractivity contribution in [2.45, 2.75) is 492 Å². The quantitative estimate of drug-likeness (QED) is 0.0256. The second-order valence-electron chi connectivity index (χ2n) is 34.7. The van der Waals surface area contributed by atoms with E-state index >= 15 is 0 Å². The molecule has 110 heavy (non-hydrogen) atoms. The largest absolute Gasteiger partial charge is 0.466 e. The topological polar surface area (TPSA) is 170 Å². The maximum Gasteiger partial charge on any atom is 0.311 e. The fourth-order valence-corrected chi connectivity index (χ4v) is 15.0. The highest BCUT2D eigenvalue weighted by molar-refractivity contribution is 5.96. The lowest BCUT2D eigenvalue weighted by Crippen LogP contribution is -2.36. The summed E-state index contributed by atoms with van der Waals surface area (Å²) in [6.45, 7) is 28.4. The van der Waals surface area contributed by atoms with Crippen LogP contribution in [-0.4, -0.2) is 123 Å². The molecule has 0 aliphatic rings. The van der Waals surface area contributed by atoms with Crippen molar-refractivity contribution in [2.75, 3.05) is 65.6 Å². The van der Waals surface area contributed by atoms with Crippen molar-refractivity contribution in [2.24, 2.45) is 10.8 Å². The monoisotopic (exact) mass is 1550 g/mol. The summed E-state index contributed by atoms with van der Waals surface area (Å²) < 4.78 is 23.9. The van der Waals surface area contributed by atoms with Gasteiger partial charge in [0.15, 0.2) is 0 Å². The Morgan fingerprint density at radius 2 is 0.545 bits per heavy atom. The predicted molar refractivity (Wildman–Crippen MR) is 467 cm³/mol. The Hall–Kier alpha value is -3.52. The maximum atomic E-state index is 13.8. The second kappa shape index (κ2) is 79.3. The fourth-order valence-electron chi connectivity index (χ4n) is 15.0. The standard InChI is InChI=1S/C96H184N4O10/c1-11-17-23-29-35-37-39-50-65-85-107-91(103)71-58-52-63-81-99(80-62-49-47-59-75-96(9,10)94(106)110-88(69-55-44-33-27-21-15-5)70-56-45-34-28-22-16-6)83-77-97-89(101)73-74-90(102)98-78-84-100(82-64-60-76-95(7,8)93(105)108-86-66-51-40-38-36-30-24-18-12-2)79-61-48-41-46-57-72-92(104)109-87(67-53-42-31-25-19-13-3)68-54-43-32-26-20-14-4/h73-74,87-88H,11-72,75-86H2,1-10H3,(H,97,101)(H,98,102)/b74-73+. The molecule has 0 aliphatic heterocycles. The van der Waals surface area contributed by atoms with Crippen molar-refractivity contribution in [3.63, 3.8) is 0 Å². The average molecular weight is 1550 g/mol. The first-order chi connectivity index (χ1) is 53.5. The molecule has 0 radical (unpaired) electrons. The van der Waals surface area contributed by atoms with Crippen LogP contribution < -0.4 is 10.6 Å². The van der Waals surface area contributed by atoms with Crippen LogP contribution in [0.15, 0.2) is 12.2 Å². The number of hydrogen-bond donors (Lipinski definition) is 2. The molecule has 14 nitrogen and oxygen atoms in total. The van der Waals surface area contributed by atoms with Crippen LogP contribution in [0.3, 0.4) is 0 Å². The first kappa shape index (κ1) is 106. The van der Waals surface area contributed by atoms with Gasteiger partial charge in [-0.25, -0.2) is 0 Å². The second-order valence-corrected chi connectivity index (χ2v) is 34.7. The van der Waals surface area contributed by atoms with Crippen LogP contribution in [0.5, 0.6) is 0 Å². The maximum absolute atomic E-state index is 13.8. The van der Waals surface area contributed by atoms with Gasteiger partial charge < -0.3 is 39.4 Å². The molecule has 0 aliphatic carbocycles. The fraction of sp³-hybridized carbons (Fsp3) is 0.917. The Bertz CT molecular complexity index is 2090. The van der Waals surface area contributed by atoms with E-state index in [1.54, 1.807) is 0 Å². The van der Waals surface area contributed by atoms with Gasteiger partial charge in [0.05, 0.1) is 24.0 Å². The molecule has 2 N–H and O–H groups in total. The zero-order valence-corrected chi connectivity index (χ0v) is 74.6. The van der Waals surface area contributed by atoms with Crippen LogP contribution in [0.2, 0.25) is 0 Å². The van der Waals surface area contributed by atoms with Crippen LogP contribution in [0.1, 0.15) is 480 Å². The van der Waals surface area contributed by atoms with Gasteiger partial charge in [-0.1, -0.05) is 324 Å². The molecule has 0 aromatic carbocycles. The van der Waals surface area contributed by atoms with Gasteiger partial charge >= 0.3 is 23.9 Å². The summed E-state index contributed by atoms with van der Waals surface area (Å²) in [4.78, 5) is 84.2. The molecule has 0 atom stereocenters. The van der Waals surface area contributed by atoms with Gasteiger partial charge in [-0.2, -0.15) is 0 Å². The highest BCUT2D eigenvalue weighted by Gasteiger charge is 2.32. The first-order valence-corrected chi connectivity index (χ1v) is 47.9. The SMILES string of the molecule is CCCCCCCCCCCOC(=O)CCCCCN(CCCCCCC(C)(C)C(=O)OC(CCCCCCCC)CCCCCCCC)CCNC(=O)/C=C/C(=O)NCCN(CCCCCCCC(=O)OC(CCCCCCCC)CCCCCCCC)CCCCC(C)(C)C(=O)OCCCCCCCCCCC. The van der Waals surface area contributed by atoms with E-state index in [0.717, 1.165) is 206 Å². The predicted octanol–water partition coefficient (Wildman–Crippen LogP) is 26.4. The van der Waals surface area contributed by atoms with Crippen LogP contribution in [0, 0.1) is 10.8 Å². The van der Waals surface area contributed by atoms with Crippen LogP contribution in [-0.2, 0) is 47.7 Å². The molecule has 0 saturated heterocycles. The lowest BCUT2D eigenvalue weighted by molar-refractivity contribution is -0.161. The summed E-state index contributed by atoms with van der Waals surface area (Å²) in [5.41, 5.74) is -1.09. The van der Waals surface area contributed by atoms with Gasteiger partial charge in [-0.05, 0) is 169 Å². The Morgan fingerprint density at radius 3 is 0.918 bits per heavy atom. The number of hydrogen-bond acceptors (Lipinski definition) is 12. The lowest BCUT2D eigenvalue weighted by Gasteiger charge is -2.27. The van der Waals surface area contributed by atoms with Gasteiger partial charge in [0, 0.05) is 51.2 Å². The molecule has 0 fully saturated rings. The highest BCUT2D eigenvalue weighted by Crippen LogP contribution is 2.30. The Kier molecular flexibility index (Phi) is 76.8. The minimum Gasteiger partial charge on any atom is -0.466 e. The van der Waals surface area contributed by atoms with Crippen molar-refractivity contribution in [1.29, 1.82) is 0 Å². The normalized spacial score (nSPS) is 12.0. The minimum atomic E-state index is -0.556. The molecule has 2 amide bonds. The van der Waals surface area contributed by atoms with Gasteiger partial charge in [0.25, 0.3) is 0 Å². The summed E-state index contributed by atoms with van der Waals surface area (Å²) in [5, 5.41) is 6.08. The summed E-state index contributed by atoms with van der Waals surface area (Å²) in [7, 11) is 0. The molecule has 0 spiro atoms. The number of nitrogens with zero attached hydrogens (tertiary/aromatic N) is 2. The Labute approximate surface area is 681 Å². The molecule has 0 unspecified atom stereocenters. The third-order valence-corrected chi connectivity index (χ3v) is 22.8. The summed E-state index contributed by atoms with van der Waals surface area (Å²) >= 11 is 0. The van der Waals surface area contributed by atoms with Crippen LogP contribution >= 0.6 is 0 Å². The molecule has 0 aromatic rings. The van der Waals surface area contributed by atoms with E-state index in [9.17, 15) is 28.8 Å². The Morgan fingerprint density at radius 1 is 0.282 bits per heavy atom. The first-order valence-electron chi connectivity index (χ1n) is 47.9. The van der Waals surface area contributed by atoms with E-state index in [1.807, 2.05) is 13.8 Å². The number of rotatable bonds is 86. The highest BCUT2D eigenvalue weighted by atomic mass is 16.6. The van der Waals surface area contributed by atoms with E-state index in [1.165, 1.54) is 230 Å². The van der Waals surface area contributed by atoms with E-state index < -0.39 is 10.8 Å². The van der Waals surface area contributed by atoms with Gasteiger partial charge in [-0.15, -0.1) is 0 Å². The van der Waals surface area contributed by atoms with E-state index in [4.69, 9.17) is 18.9 Å². The molecule has 648 valence electrons. The van der Waals surface area contributed by atoms with E-state index in [2.05, 4.69) is 75.8 Å². The molecular formula is C96H184N4O10. The van der Waals surface area contributed by atoms with Crippen molar-refractivity contribution < 1.29 is 47.7 Å². The molecule has 0 rings (SSSR count). The average Bonchev–Trinajstić information content (AvgIpc) is 0.892. The van der Waals surface area contributed by atoms with Crippen molar-refractivity contribution >= 4 is 35.7 Å². The van der Waals surface area contributed by atoms with E-state index in [-0.39, 0.29) is 47.9 Å². The number of esters is 4. The number of ether oxygens (including phenoxy) is 4. The zero-order valence-electron chi connectivity index (χ0n) is 74.6. The molecular weight excluding hydrogens is 1370 g/mol. The smallest absolute Gasteiger partial charge is 0.311 e. The van der Waals surface area contributed by atoms with Crippen molar-refractivity contribution in [1.82, 2.24) is 20.4 Å². The van der Waals surface area contributed by atoms with Gasteiger partial charge in [0.1, 0.15) is 12.2 Å². The van der Waals surface area contributed by atoms with Gasteiger partial charge in [-0.3, -0.25) is 28.8 Å². The van der Waals surface area contributed by atoms with Crippen molar-refractivity contribution in [3.8, 4) is 0 Å². The molecule has 0 bridgehead atoms. The number of nitrogens with one attached hydrogen (secondary N) is 2. The zero-order chi connectivity index (χ0) is 80.8. The number of unbranched alkanes of at least 4 members (excludes halogenated alkanes) is 46. The number of carbonyl (C=O) groups excluding carboxylic acids is 6. The molecule has 14 heteroatoms. The lowest BCUT2D eigenvalue weighted by atomic mass is 9.86. The van der Waals surface area contributed by atoms with Crippen LogP contribution in [0.4, 0.5) is 0 Å². The van der Waals surface area contributed by atoms with Crippen molar-refractivity contribution in [3.05, 3.63) is 12.2 Å². The molecule has 0 heterocycles. The van der Waals surface area contributed by atoms with Crippen LogP contribution in [0.25, 0.3) is 0 Å². The molecule has 0 saturated carbocycles. The minimum absolute atomic E-state index is 0.0139. The summed E-state index contributed by atoms with van der Waals surface area (Å²) in [5.74, 6) is -0.889. The molecule has 0 aromatic heterocycles. The van der Waals surface area contributed by atoms with E-state index in [0.29, 0.717) is 52.2 Å².